The van der Waals surface area contributed by atoms with Crippen molar-refractivity contribution >= 4 is 11.4 Å². The van der Waals surface area contributed by atoms with E-state index < -0.39 is 41.4 Å². The van der Waals surface area contributed by atoms with Crippen LogP contribution in [-0.2, 0) is 30.0 Å². The van der Waals surface area contributed by atoms with Gasteiger partial charge in [0.1, 0.15) is 11.1 Å². The van der Waals surface area contributed by atoms with Gasteiger partial charge in [-0.1, -0.05) is 182 Å². The molecule has 70 heavy (non-hydrogen) atoms. The smallest absolute Gasteiger partial charge is 0.365 e. The summed E-state index contributed by atoms with van der Waals surface area (Å²) in [5.74, 6) is 4.22. The number of benzene rings is 6. The molecule has 0 aliphatic heterocycles. The molecule has 364 valence electrons. The second-order valence-electron chi connectivity index (χ2n) is 15.1. The van der Waals surface area contributed by atoms with Gasteiger partial charge in [-0.15, -0.1) is 0 Å². The molecule has 6 aromatic carbocycles. The molecular formula is C58H60F4N4O4. The van der Waals surface area contributed by atoms with Crippen molar-refractivity contribution in [3.05, 3.63) is 239 Å². The van der Waals surface area contributed by atoms with Crippen molar-refractivity contribution in [3.8, 4) is 11.8 Å². The number of aromatic nitrogens is 1. The summed E-state index contributed by atoms with van der Waals surface area (Å²) >= 11 is 0. The van der Waals surface area contributed by atoms with Gasteiger partial charge >= 0.3 is 6.18 Å². The number of aliphatic imine (C=N–C) groups is 1. The Kier molecular flexibility index (Phi) is 21.0. The van der Waals surface area contributed by atoms with Crippen LogP contribution in [0.3, 0.4) is 0 Å². The molecule has 0 unspecified atom stereocenters. The average molecular weight is 953 g/mol. The van der Waals surface area contributed by atoms with Crippen molar-refractivity contribution in [2.75, 3.05) is 38.8 Å². The molecular weight excluding hydrogens is 893 g/mol. The molecule has 0 radical (unpaired) electrons. The van der Waals surface area contributed by atoms with Gasteiger partial charge < -0.3 is 30.0 Å². The first-order chi connectivity index (χ1) is 34.1. The highest BCUT2D eigenvalue weighted by Gasteiger charge is 2.43. The third-order valence-corrected chi connectivity index (χ3v) is 10.8. The standard InChI is InChI=1S/C29H29FN2O2.C28H26F3NO2.CH5N/c1-3-33-28(34-4-2)27-20-26(25(30)21-31-27)32-29(22-14-8-5-9-15-22,23-16-10-6-11-17-23)24-18-12-7-13-19-24;1-3-33-26(34-4-2)21-20-25(28(29,30)31)32-27(22-14-8-5-9-15-22,23-16-10-6-11-17-23)24-18-12-7-13-19-24;1-2/h5-21,28H,3-4H2,1-2H3,(H,31,32);5-19,26H,3-4H2,1-2H3;2H2,1H3. The zero-order chi connectivity index (χ0) is 50.2. The summed E-state index contributed by atoms with van der Waals surface area (Å²) in [6.07, 6.45) is -5.33. The van der Waals surface area contributed by atoms with Crippen molar-refractivity contribution in [1.29, 1.82) is 0 Å². The minimum absolute atomic E-state index is 0.250. The Balaban J connectivity index is 0.000000252. The molecule has 3 N–H and O–H groups in total. The van der Waals surface area contributed by atoms with Gasteiger partial charge in [-0.05, 0) is 86.0 Å². The van der Waals surface area contributed by atoms with Crippen LogP contribution in [0.1, 0.15) is 73.1 Å². The zero-order valence-corrected chi connectivity index (χ0v) is 40.1. The molecule has 0 bridgehead atoms. The topological polar surface area (TPSA) is 100 Å². The van der Waals surface area contributed by atoms with Gasteiger partial charge in [-0.3, -0.25) is 9.98 Å². The Morgan fingerprint density at radius 3 is 1.23 bits per heavy atom. The van der Waals surface area contributed by atoms with E-state index in [4.69, 9.17) is 18.9 Å². The van der Waals surface area contributed by atoms with Gasteiger partial charge in [0.05, 0.1) is 17.6 Å². The van der Waals surface area contributed by atoms with Crippen LogP contribution in [0.4, 0.5) is 23.2 Å². The summed E-state index contributed by atoms with van der Waals surface area (Å²) < 4.78 is 80.2. The summed E-state index contributed by atoms with van der Waals surface area (Å²) in [7, 11) is 1.50. The molecule has 7 aromatic rings. The van der Waals surface area contributed by atoms with E-state index >= 15 is 4.39 Å². The summed E-state index contributed by atoms with van der Waals surface area (Å²) in [6.45, 7) is 8.62. The highest BCUT2D eigenvalue weighted by atomic mass is 19.4. The fourth-order valence-electron chi connectivity index (χ4n) is 7.81. The van der Waals surface area contributed by atoms with Crippen molar-refractivity contribution in [1.82, 2.24) is 4.98 Å². The number of halogens is 4. The largest absolute Gasteiger partial charge is 0.441 e. The van der Waals surface area contributed by atoms with Crippen molar-refractivity contribution in [2.24, 2.45) is 10.7 Å². The van der Waals surface area contributed by atoms with Crippen LogP contribution in [0.25, 0.3) is 0 Å². The first-order valence-electron chi connectivity index (χ1n) is 23.1. The molecule has 0 aliphatic carbocycles. The van der Waals surface area contributed by atoms with Crippen LogP contribution in [-0.4, -0.2) is 56.6 Å². The number of ether oxygens (including phenoxy) is 4. The van der Waals surface area contributed by atoms with Gasteiger partial charge in [-0.25, -0.2) is 4.39 Å². The van der Waals surface area contributed by atoms with Gasteiger partial charge in [-0.2, -0.15) is 13.2 Å². The SMILES string of the molecule is CCOC(C#CC(=NC(c1ccccc1)(c1ccccc1)c1ccccc1)C(F)(F)F)OCC.CCOC(OCC)c1cc(NC(c2ccccc2)(c2ccccc2)c2ccccc2)c(F)cn1.CN. The van der Waals surface area contributed by atoms with E-state index in [1.807, 2.05) is 86.6 Å². The summed E-state index contributed by atoms with van der Waals surface area (Å²) in [6, 6.07) is 58.6. The van der Waals surface area contributed by atoms with E-state index in [-0.39, 0.29) is 13.2 Å². The Hall–Kier alpha value is -6.98. The summed E-state index contributed by atoms with van der Waals surface area (Å²) in [5, 5.41) is 3.56. The molecule has 0 aliphatic rings. The lowest BCUT2D eigenvalue weighted by Gasteiger charge is -2.38. The van der Waals surface area contributed by atoms with Crippen molar-refractivity contribution < 1.29 is 36.5 Å². The maximum atomic E-state index is 15.3. The molecule has 0 spiro atoms. The number of hydrogen-bond acceptors (Lipinski definition) is 8. The first kappa shape index (κ1) is 54.0. The van der Waals surface area contributed by atoms with Crippen LogP contribution >= 0.6 is 0 Å². The fourth-order valence-corrected chi connectivity index (χ4v) is 7.81. The van der Waals surface area contributed by atoms with Gasteiger partial charge in [0.2, 0.25) is 12.6 Å². The van der Waals surface area contributed by atoms with E-state index in [1.165, 1.54) is 13.2 Å². The molecule has 0 atom stereocenters. The quantitative estimate of drug-likeness (QED) is 0.0290. The molecule has 12 heteroatoms. The third-order valence-electron chi connectivity index (χ3n) is 10.8. The number of nitrogens with zero attached hydrogens (tertiary/aromatic N) is 2. The zero-order valence-electron chi connectivity index (χ0n) is 40.1. The Bertz CT molecular complexity index is 2460. The molecule has 7 rings (SSSR count). The normalized spacial score (nSPS) is 11.7. The summed E-state index contributed by atoms with van der Waals surface area (Å²) in [4.78, 5) is 8.65. The number of pyridine rings is 1. The van der Waals surface area contributed by atoms with Gasteiger partial charge in [0.25, 0.3) is 0 Å². The van der Waals surface area contributed by atoms with Crippen LogP contribution in [0.15, 0.2) is 199 Å². The lowest BCUT2D eigenvalue weighted by atomic mass is 9.77. The number of hydrogen-bond donors (Lipinski definition) is 2. The molecule has 8 nitrogen and oxygen atoms in total. The lowest BCUT2D eigenvalue weighted by molar-refractivity contribution is -0.142. The minimum Gasteiger partial charge on any atom is -0.365 e. The molecule has 0 amide bonds. The maximum absolute atomic E-state index is 15.3. The van der Waals surface area contributed by atoms with E-state index in [0.29, 0.717) is 41.3 Å². The predicted octanol–water partition coefficient (Wildman–Crippen LogP) is 12.7. The van der Waals surface area contributed by atoms with Gasteiger partial charge in [0.15, 0.2) is 11.5 Å². The molecule has 0 fully saturated rings. The predicted molar refractivity (Wildman–Crippen MR) is 271 cm³/mol. The highest BCUT2D eigenvalue weighted by molar-refractivity contribution is 6.05. The number of rotatable bonds is 18. The number of nitrogens with two attached hydrogens (primary N) is 1. The highest BCUT2D eigenvalue weighted by Crippen LogP contribution is 2.43. The third kappa shape index (κ3) is 13.6. The Morgan fingerprint density at radius 2 is 0.900 bits per heavy atom. The average Bonchev–Trinajstić information content (AvgIpc) is 3.40. The van der Waals surface area contributed by atoms with E-state index in [2.05, 4.69) is 69.3 Å². The Morgan fingerprint density at radius 1 is 0.557 bits per heavy atom. The summed E-state index contributed by atoms with van der Waals surface area (Å²) in [5.41, 5.74) is 6.48. The lowest BCUT2D eigenvalue weighted by Crippen LogP contribution is -2.38. The van der Waals surface area contributed by atoms with Crippen LogP contribution in [0.5, 0.6) is 0 Å². The number of anilines is 1. The molecule has 1 aromatic heterocycles. The molecule has 0 saturated carbocycles. The van der Waals surface area contributed by atoms with Crippen LogP contribution in [0.2, 0.25) is 0 Å². The maximum Gasteiger partial charge on any atom is 0.441 e. The van der Waals surface area contributed by atoms with E-state index in [0.717, 1.165) is 16.7 Å². The second-order valence-corrected chi connectivity index (χ2v) is 15.1. The number of alkyl halides is 3. The van der Waals surface area contributed by atoms with E-state index in [9.17, 15) is 13.2 Å². The second kappa shape index (κ2) is 27.3. The van der Waals surface area contributed by atoms with Crippen molar-refractivity contribution in [2.45, 2.75) is 57.5 Å². The minimum atomic E-state index is -4.79. The molecule has 1 heterocycles. The van der Waals surface area contributed by atoms with Crippen LogP contribution < -0.4 is 11.1 Å². The van der Waals surface area contributed by atoms with Crippen molar-refractivity contribution in [3.63, 3.8) is 0 Å². The van der Waals surface area contributed by atoms with Crippen LogP contribution in [0, 0.1) is 17.7 Å². The van der Waals surface area contributed by atoms with E-state index in [1.54, 1.807) is 92.7 Å². The molecule has 0 saturated heterocycles. The monoisotopic (exact) mass is 952 g/mol. The fraction of sp³-hybridized carbons (Fsp3) is 0.241. The first-order valence-corrected chi connectivity index (χ1v) is 23.1. The number of nitrogens with one attached hydrogen (secondary N) is 1. The van der Waals surface area contributed by atoms with Gasteiger partial charge in [0, 0.05) is 26.4 Å². The Labute approximate surface area is 409 Å².